The number of aryl methyl sites for hydroxylation is 1. The summed E-state index contributed by atoms with van der Waals surface area (Å²) in [4.78, 5) is 8.69. The van der Waals surface area contributed by atoms with Gasteiger partial charge in [0, 0.05) is 22.8 Å². The van der Waals surface area contributed by atoms with E-state index in [1.807, 2.05) is 37.3 Å². The molecule has 2 aromatic heterocycles. The lowest BCUT2D eigenvalue weighted by Gasteiger charge is -2.00. The molecule has 0 aliphatic carbocycles. The van der Waals surface area contributed by atoms with Crippen LogP contribution in [0.3, 0.4) is 0 Å². The predicted octanol–water partition coefficient (Wildman–Crippen LogP) is 3.33. The molecule has 106 valence electrons. The number of benzene rings is 1. The molecule has 1 aromatic carbocycles. The maximum Gasteiger partial charge on any atom is 0.276 e. The van der Waals surface area contributed by atoms with E-state index in [2.05, 4.69) is 31.1 Å². The maximum atomic E-state index is 5.55. The molecule has 0 atom stereocenters. The monoisotopic (exact) mass is 344 g/mol. The molecule has 2 N–H and O–H groups in total. The van der Waals surface area contributed by atoms with E-state index in [0.717, 1.165) is 21.2 Å². The van der Waals surface area contributed by atoms with Gasteiger partial charge in [-0.25, -0.2) is 0 Å². The fraction of sp³-hybridized carbons (Fsp3) is 0.133. The minimum absolute atomic E-state index is 0.399. The van der Waals surface area contributed by atoms with Crippen LogP contribution in [0, 0.1) is 6.92 Å². The average Bonchev–Trinajstić information content (AvgIpc) is 2.97. The predicted molar refractivity (Wildman–Crippen MR) is 83.3 cm³/mol. The number of rotatable bonds is 3. The Bertz CT molecular complexity index is 768. The summed E-state index contributed by atoms with van der Waals surface area (Å²) in [5.74, 6) is 0.954. The smallest absolute Gasteiger partial charge is 0.276 e. The molecule has 0 saturated heterocycles. The zero-order valence-electron chi connectivity index (χ0n) is 11.4. The van der Waals surface area contributed by atoms with Crippen LogP contribution in [0.2, 0.25) is 0 Å². The van der Waals surface area contributed by atoms with Crippen LogP contribution in [-0.4, -0.2) is 15.1 Å². The van der Waals surface area contributed by atoms with Crippen molar-refractivity contribution in [3.8, 4) is 23.0 Å². The number of nitrogens with two attached hydrogens (primary N) is 1. The van der Waals surface area contributed by atoms with Gasteiger partial charge in [-0.2, -0.15) is 4.98 Å². The van der Waals surface area contributed by atoms with Gasteiger partial charge in [0.25, 0.3) is 5.89 Å². The summed E-state index contributed by atoms with van der Waals surface area (Å²) in [7, 11) is 0. The molecule has 0 aliphatic rings. The van der Waals surface area contributed by atoms with E-state index in [9.17, 15) is 0 Å². The van der Waals surface area contributed by atoms with Crippen molar-refractivity contribution in [1.82, 2.24) is 15.1 Å². The van der Waals surface area contributed by atoms with Gasteiger partial charge in [0.2, 0.25) is 5.82 Å². The molecule has 0 radical (unpaired) electrons. The second-order valence-corrected chi connectivity index (χ2v) is 5.55. The molecule has 3 rings (SSSR count). The largest absolute Gasteiger partial charge is 0.332 e. The summed E-state index contributed by atoms with van der Waals surface area (Å²) in [5, 5.41) is 4.03. The summed E-state index contributed by atoms with van der Waals surface area (Å²) in [6, 6.07) is 9.65. The Balaban J connectivity index is 1.95. The number of hydrogen-bond donors (Lipinski definition) is 1. The third-order valence-electron chi connectivity index (χ3n) is 3.13. The Hall–Kier alpha value is -2.05. The standard InChI is InChI=1S/C15H13BrN4O/c1-9-6-11(16)3-4-12(9)14-19-15(21-20-14)13-5-2-10(7-17)8-18-13/h2-6,8H,7,17H2,1H3. The van der Waals surface area contributed by atoms with E-state index in [1.54, 1.807) is 6.20 Å². The normalized spacial score (nSPS) is 10.8. The highest BCUT2D eigenvalue weighted by atomic mass is 79.9. The Morgan fingerprint density at radius 2 is 2.10 bits per heavy atom. The molecule has 21 heavy (non-hydrogen) atoms. The highest BCUT2D eigenvalue weighted by molar-refractivity contribution is 9.10. The fourth-order valence-electron chi connectivity index (χ4n) is 1.99. The molecule has 5 nitrogen and oxygen atoms in total. The number of aromatic nitrogens is 3. The zero-order valence-corrected chi connectivity index (χ0v) is 13.0. The van der Waals surface area contributed by atoms with E-state index in [1.165, 1.54) is 0 Å². The molecule has 0 amide bonds. The Morgan fingerprint density at radius 3 is 2.76 bits per heavy atom. The summed E-state index contributed by atoms with van der Waals surface area (Å²) >= 11 is 3.44. The van der Waals surface area contributed by atoms with Gasteiger partial charge in [-0.15, -0.1) is 0 Å². The van der Waals surface area contributed by atoms with E-state index in [4.69, 9.17) is 10.3 Å². The van der Waals surface area contributed by atoms with Crippen molar-refractivity contribution in [2.24, 2.45) is 5.73 Å². The molecular weight excluding hydrogens is 332 g/mol. The van der Waals surface area contributed by atoms with Crippen molar-refractivity contribution in [3.63, 3.8) is 0 Å². The van der Waals surface area contributed by atoms with Crippen molar-refractivity contribution >= 4 is 15.9 Å². The fourth-order valence-corrected chi connectivity index (χ4v) is 2.46. The maximum absolute atomic E-state index is 5.55. The van der Waals surface area contributed by atoms with Crippen molar-refractivity contribution in [3.05, 3.63) is 52.1 Å². The molecule has 0 saturated carbocycles. The number of nitrogens with zero attached hydrogens (tertiary/aromatic N) is 3. The van der Waals surface area contributed by atoms with Crippen LogP contribution in [0.4, 0.5) is 0 Å². The highest BCUT2D eigenvalue weighted by Gasteiger charge is 2.13. The van der Waals surface area contributed by atoms with Crippen molar-refractivity contribution in [2.75, 3.05) is 0 Å². The van der Waals surface area contributed by atoms with Gasteiger partial charge in [0.1, 0.15) is 5.69 Å². The zero-order chi connectivity index (χ0) is 14.8. The van der Waals surface area contributed by atoms with E-state index in [0.29, 0.717) is 24.0 Å². The van der Waals surface area contributed by atoms with Gasteiger partial charge in [-0.3, -0.25) is 4.98 Å². The lowest BCUT2D eigenvalue weighted by Crippen LogP contribution is -1.96. The summed E-state index contributed by atoms with van der Waals surface area (Å²) in [6.07, 6.45) is 1.71. The molecule has 0 aliphatic heterocycles. The molecule has 0 unspecified atom stereocenters. The first-order valence-electron chi connectivity index (χ1n) is 6.43. The topological polar surface area (TPSA) is 77.8 Å². The van der Waals surface area contributed by atoms with Gasteiger partial charge in [-0.05, 0) is 42.3 Å². The number of hydrogen-bond acceptors (Lipinski definition) is 5. The molecule has 6 heteroatoms. The molecular formula is C15H13BrN4O. The van der Waals surface area contributed by atoms with Gasteiger partial charge < -0.3 is 10.3 Å². The molecule has 0 fully saturated rings. The SMILES string of the molecule is Cc1cc(Br)ccc1-c1noc(-c2ccc(CN)cn2)n1. The van der Waals surface area contributed by atoms with Crippen LogP contribution in [0.15, 0.2) is 45.5 Å². The average molecular weight is 345 g/mol. The van der Waals surface area contributed by atoms with Gasteiger partial charge in [0.15, 0.2) is 0 Å². The molecule has 2 heterocycles. The molecule has 0 bridgehead atoms. The Kier molecular flexibility index (Phi) is 3.81. The summed E-state index contributed by atoms with van der Waals surface area (Å²) in [6.45, 7) is 2.46. The van der Waals surface area contributed by atoms with E-state index >= 15 is 0 Å². The number of halogens is 1. The van der Waals surface area contributed by atoms with Crippen LogP contribution in [0.1, 0.15) is 11.1 Å². The van der Waals surface area contributed by atoms with Crippen molar-refractivity contribution in [1.29, 1.82) is 0 Å². The lowest BCUT2D eigenvalue weighted by atomic mass is 10.1. The van der Waals surface area contributed by atoms with E-state index in [-0.39, 0.29) is 0 Å². The van der Waals surface area contributed by atoms with Crippen LogP contribution in [-0.2, 0) is 6.54 Å². The Labute approximate surface area is 130 Å². The van der Waals surface area contributed by atoms with Crippen LogP contribution in [0.5, 0.6) is 0 Å². The first-order valence-corrected chi connectivity index (χ1v) is 7.22. The first kappa shape index (κ1) is 13.9. The molecule has 3 aromatic rings. The minimum Gasteiger partial charge on any atom is -0.332 e. The van der Waals surface area contributed by atoms with Gasteiger partial charge in [-0.1, -0.05) is 27.2 Å². The Morgan fingerprint density at radius 1 is 1.24 bits per heavy atom. The lowest BCUT2D eigenvalue weighted by molar-refractivity contribution is 0.431. The number of pyridine rings is 1. The van der Waals surface area contributed by atoms with Crippen molar-refractivity contribution in [2.45, 2.75) is 13.5 Å². The first-order chi connectivity index (χ1) is 10.2. The summed E-state index contributed by atoms with van der Waals surface area (Å²) < 4.78 is 6.32. The second-order valence-electron chi connectivity index (χ2n) is 4.64. The summed E-state index contributed by atoms with van der Waals surface area (Å²) in [5.41, 5.74) is 9.16. The third-order valence-corrected chi connectivity index (χ3v) is 3.63. The highest BCUT2D eigenvalue weighted by Crippen LogP contribution is 2.25. The van der Waals surface area contributed by atoms with Crippen molar-refractivity contribution < 1.29 is 4.52 Å². The van der Waals surface area contributed by atoms with E-state index < -0.39 is 0 Å². The van der Waals surface area contributed by atoms with Crippen LogP contribution in [0.25, 0.3) is 23.0 Å². The third kappa shape index (κ3) is 2.86. The van der Waals surface area contributed by atoms with Crippen LogP contribution < -0.4 is 5.73 Å². The van der Waals surface area contributed by atoms with Gasteiger partial charge >= 0.3 is 0 Å². The second kappa shape index (κ2) is 5.75. The van der Waals surface area contributed by atoms with Crippen LogP contribution >= 0.6 is 15.9 Å². The minimum atomic E-state index is 0.399. The quantitative estimate of drug-likeness (QED) is 0.788. The van der Waals surface area contributed by atoms with Gasteiger partial charge in [0.05, 0.1) is 0 Å². The molecule has 0 spiro atoms.